The quantitative estimate of drug-likeness (QED) is 0.622. The zero-order valence-electron chi connectivity index (χ0n) is 6.70. The second-order valence-electron chi connectivity index (χ2n) is 2.60. The van der Waals surface area contributed by atoms with E-state index in [2.05, 4.69) is 24.2 Å². The zero-order chi connectivity index (χ0) is 7.56. The molecule has 0 bridgehead atoms. The van der Waals surface area contributed by atoms with Gasteiger partial charge in [-0.25, -0.2) is 4.68 Å². The van der Waals surface area contributed by atoms with Crippen molar-refractivity contribution in [2.45, 2.75) is 33.2 Å². The molecule has 1 heterocycles. The molecule has 0 spiro atoms. The number of rotatable bonds is 2. The topological polar surface area (TPSA) is 30.7 Å². The van der Waals surface area contributed by atoms with E-state index >= 15 is 0 Å². The molecule has 0 saturated heterocycles. The Balaban J connectivity index is 2.74. The second kappa shape index (κ2) is 2.82. The van der Waals surface area contributed by atoms with Crippen molar-refractivity contribution < 1.29 is 0 Å². The molecular formula is C7H13N3. The highest BCUT2D eigenvalue weighted by atomic mass is 15.4. The number of aryl methyl sites for hydroxylation is 1. The van der Waals surface area contributed by atoms with Gasteiger partial charge in [-0.05, 0) is 20.3 Å². The van der Waals surface area contributed by atoms with Gasteiger partial charge in [0.1, 0.15) is 0 Å². The molecule has 0 aromatic carbocycles. The molecule has 1 aromatic rings. The molecule has 1 unspecified atom stereocenters. The van der Waals surface area contributed by atoms with E-state index in [-0.39, 0.29) is 0 Å². The van der Waals surface area contributed by atoms with E-state index in [1.807, 2.05) is 17.8 Å². The summed E-state index contributed by atoms with van der Waals surface area (Å²) < 4.78 is 1.90. The molecule has 0 aliphatic rings. The van der Waals surface area contributed by atoms with Crippen LogP contribution in [0, 0.1) is 6.92 Å². The lowest BCUT2D eigenvalue weighted by molar-refractivity contribution is 0.464. The SMILES string of the molecule is CCC(C)n1cc(C)nn1. The van der Waals surface area contributed by atoms with Gasteiger partial charge in [0.25, 0.3) is 0 Å². The van der Waals surface area contributed by atoms with E-state index in [1.165, 1.54) is 0 Å². The first-order chi connectivity index (χ1) is 4.74. The maximum Gasteiger partial charge on any atom is 0.0796 e. The van der Waals surface area contributed by atoms with Crippen LogP contribution >= 0.6 is 0 Å². The third-order valence-electron chi connectivity index (χ3n) is 1.67. The molecule has 56 valence electrons. The highest BCUT2D eigenvalue weighted by Gasteiger charge is 2.01. The fourth-order valence-electron chi connectivity index (χ4n) is 0.768. The van der Waals surface area contributed by atoms with Crippen LogP contribution in [0.1, 0.15) is 32.0 Å². The first-order valence-corrected chi connectivity index (χ1v) is 3.62. The molecule has 0 aliphatic heterocycles. The van der Waals surface area contributed by atoms with Crippen LogP contribution < -0.4 is 0 Å². The first-order valence-electron chi connectivity index (χ1n) is 3.62. The Labute approximate surface area is 61.1 Å². The monoisotopic (exact) mass is 139 g/mol. The minimum Gasteiger partial charge on any atom is -0.250 e. The predicted molar refractivity (Wildman–Crippen MR) is 39.8 cm³/mol. The van der Waals surface area contributed by atoms with E-state index in [1.54, 1.807) is 0 Å². The summed E-state index contributed by atoms with van der Waals surface area (Å²) >= 11 is 0. The maximum absolute atomic E-state index is 3.95. The lowest BCUT2D eigenvalue weighted by atomic mass is 10.3. The van der Waals surface area contributed by atoms with Crippen LogP contribution in [0.5, 0.6) is 0 Å². The fraction of sp³-hybridized carbons (Fsp3) is 0.714. The number of hydrogen-bond donors (Lipinski definition) is 0. The molecule has 10 heavy (non-hydrogen) atoms. The molecule has 0 amide bonds. The maximum atomic E-state index is 3.95. The number of nitrogens with zero attached hydrogens (tertiary/aromatic N) is 3. The third-order valence-corrected chi connectivity index (χ3v) is 1.67. The zero-order valence-corrected chi connectivity index (χ0v) is 6.70. The Morgan fingerprint density at radius 3 is 2.80 bits per heavy atom. The molecule has 0 aliphatic carbocycles. The highest BCUT2D eigenvalue weighted by Crippen LogP contribution is 2.06. The summed E-state index contributed by atoms with van der Waals surface area (Å²) in [5.41, 5.74) is 0.986. The molecule has 1 rings (SSSR count). The van der Waals surface area contributed by atoms with Gasteiger partial charge in [0, 0.05) is 6.20 Å². The molecule has 0 saturated carbocycles. The van der Waals surface area contributed by atoms with Gasteiger partial charge in [0.2, 0.25) is 0 Å². The van der Waals surface area contributed by atoms with Crippen molar-refractivity contribution in [2.24, 2.45) is 0 Å². The summed E-state index contributed by atoms with van der Waals surface area (Å²) in [5, 5.41) is 7.85. The smallest absolute Gasteiger partial charge is 0.0796 e. The van der Waals surface area contributed by atoms with Gasteiger partial charge >= 0.3 is 0 Å². The van der Waals surface area contributed by atoms with Crippen molar-refractivity contribution >= 4 is 0 Å². The van der Waals surface area contributed by atoms with Gasteiger partial charge in [-0.3, -0.25) is 0 Å². The Morgan fingerprint density at radius 1 is 1.70 bits per heavy atom. The van der Waals surface area contributed by atoms with Crippen LogP contribution in [-0.2, 0) is 0 Å². The Morgan fingerprint density at radius 2 is 2.40 bits per heavy atom. The van der Waals surface area contributed by atoms with Crippen LogP contribution in [0.25, 0.3) is 0 Å². The standard InChI is InChI=1S/C7H13N3/c1-4-7(3)10-5-6(2)8-9-10/h5,7H,4H2,1-3H3. The molecule has 1 atom stereocenters. The van der Waals surface area contributed by atoms with Crippen LogP contribution in [0.3, 0.4) is 0 Å². The molecule has 0 radical (unpaired) electrons. The molecule has 3 nitrogen and oxygen atoms in total. The minimum absolute atomic E-state index is 0.473. The summed E-state index contributed by atoms with van der Waals surface area (Å²) in [6.45, 7) is 6.22. The lowest BCUT2D eigenvalue weighted by Crippen LogP contribution is -2.03. The molecule has 0 N–H and O–H groups in total. The summed E-state index contributed by atoms with van der Waals surface area (Å²) in [4.78, 5) is 0. The van der Waals surface area contributed by atoms with Crippen molar-refractivity contribution in [3.8, 4) is 0 Å². The van der Waals surface area contributed by atoms with Crippen LogP contribution in [0.2, 0.25) is 0 Å². The van der Waals surface area contributed by atoms with Crippen molar-refractivity contribution in [3.05, 3.63) is 11.9 Å². The molecule has 0 fully saturated rings. The Kier molecular flexibility index (Phi) is 2.04. The lowest BCUT2D eigenvalue weighted by Gasteiger charge is -2.05. The van der Waals surface area contributed by atoms with Crippen molar-refractivity contribution in [1.82, 2.24) is 15.0 Å². The summed E-state index contributed by atoms with van der Waals surface area (Å²) in [7, 11) is 0. The van der Waals surface area contributed by atoms with Gasteiger partial charge in [0.15, 0.2) is 0 Å². The average molecular weight is 139 g/mol. The van der Waals surface area contributed by atoms with Gasteiger partial charge in [0.05, 0.1) is 11.7 Å². The van der Waals surface area contributed by atoms with Crippen molar-refractivity contribution in [3.63, 3.8) is 0 Å². The van der Waals surface area contributed by atoms with Gasteiger partial charge in [-0.1, -0.05) is 12.1 Å². The second-order valence-corrected chi connectivity index (χ2v) is 2.60. The summed E-state index contributed by atoms with van der Waals surface area (Å²) in [6.07, 6.45) is 3.07. The van der Waals surface area contributed by atoms with Gasteiger partial charge in [-0.15, -0.1) is 5.10 Å². The Hall–Kier alpha value is -0.860. The van der Waals surface area contributed by atoms with Crippen LogP contribution in [-0.4, -0.2) is 15.0 Å². The third kappa shape index (κ3) is 1.35. The minimum atomic E-state index is 0.473. The van der Waals surface area contributed by atoms with Gasteiger partial charge < -0.3 is 0 Å². The van der Waals surface area contributed by atoms with Crippen molar-refractivity contribution in [2.75, 3.05) is 0 Å². The normalized spacial score (nSPS) is 13.5. The largest absolute Gasteiger partial charge is 0.250 e. The number of hydrogen-bond acceptors (Lipinski definition) is 2. The summed E-state index contributed by atoms with van der Waals surface area (Å²) in [5.74, 6) is 0. The molecular weight excluding hydrogens is 126 g/mol. The predicted octanol–water partition coefficient (Wildman–Crippen LogP) is 1.56. The van der Waals surface area contributed by atoms with E-state index in [0.717, 1.165) is 12.1 Å². The van der Waals surface area contributed by atoms with Gasteiger partial charge in [-0.2, -0.15) is 0 Å². The molecule has 1 aromatic heterocycles. The first kappa shape index (κ1) is 7.25. The van der Waals surface area contributed by atoms with Crippen molar-refractivity contribution in [1.29, 1.82) is 0 Å². The van der Waals surface area contributed by atoms with E-state index in [4.69, 9.17) is 0 Å². The van der Waals surface area contributed by atoms with E-state index in [9.17, 15) is 0 Å². The number of aromatic nitrogens is 3. The van der Waals surface area contributed by atoms with Crippen LogP contribution in [0.4, 0.5) is 0 Å². The Bertz CT molecular complexity index is 204. The summed E-state index contributed by atoms with van der Waals surface area (Å²) in [6, 6.07) is 0.473. The average Bonchev–Trinajstić information content (AvgIpc) is 2.34. The van der Waals surface area contributed by atoms with E-state index in [0.29, 0.717) is 6.04 Å². The van der Waals surface area contributed by atoms with Crippen LogP contribution in [0.15, 0.2) is 6.20 Å². The molecule has 3 heteroatoms. The fourth-order valence-corrected chi connectivity index (χ4v) is 0.768. The van der Waals surface area contributed by atoms with E-state index < -0.39 is 0 Å². The highest BCUT2D eigenvalue weighted by molar-refractivity contribution is 4.87.